The number of carbonyl (C=O) groups is 4. The number of rotatable bonds is 14. The van der Waals surface area contributed by atoms with Gasteiger partial charge in [-0.05, 0) is 42.7 Å². The van der Waals surface area contributed by atoms with Crippen molar-refractivity contribution in [2.75, 3.05) is 45.1 Å². The number of piperidine rings is 1. The third kappa shape index (κ3) is 8.04. The molecule has 0 bridgehead atoms. The van der Waals surface area contributed by atoms with E-state index in [1.54, 1.807) is 16.7 Å². The average molecular weight is 545 g/mol. The molecule has 2 N–H and O–H groups in total. The topological polar surface area (TPSA) is 108 Å². The highest BCUT2D eigenvalue weighted by molar-refractivity contribution is 7.99. The molecule has 0 spiro atoms. The van der Waals surface area contributed by atoms with Crippen LogP contribution in [-0.4, -0.2) is 84.6 Å². The second kappa shape index (κ2) is 14.6. The second-order valence-electron chi connectivity index (χ2n) is 10.2. The monoisotopic (exact) mass is 544 g/mol. The maximum Gasteiger partial charge on any atom is 0.255 e. The molecule has 0 aromatic heterocycles. The van der Waals surface area contributed by atoms with Crippen LogP contribution >= 0.6 is 11.8 Å². The minimum Gasteiger partial charge on any atom is -0.379 e. The molecule has 2 saturated heterocycles. The molecule has 38 heavy (non-hydrogen) atoms. The molecule has 2 fully saturated rings. The molecule has 0 saturated carbocycles. The Bertz CT molecular complexity index is 997. The smallest absolute Gasteiger partial charge is 0.255 e. The summed E-state index contributed by atoms with van der Waals surface area (Å²) >= 11 is 1.78. The Morgan fingerprint density at radius 3 is 2.61 bits per heavy atom. The van der Waals surface area contributed by atoms with Gasteiger partial charge < -0.3 is 15.0 Å². The maximum atomic E-state index is 13.0. The fraction of sp³-hybridized carbons (Fsp3) is 0.643. The number of hydrogen-bond donors (Lipinski definition) is 2. The van der Waals surface area contributed by atoms with Crippen molar-refractivity contribution in [2.45, 2.75) is 75.3 Å². The lowest BCUT2D eigenvalue weighted by Gasteiger charge is -2.29. The highest BCUT2D eigenvalue weighted by Crippen LogP contribution is 2.34. The summed E-state index contributed by atoms with van der Waals surface area (Å²) in [6, 6.07) is 5.23. The number of unbranched alkanes of at least 4 members (excludes halogenated alkanes) is 5. The van der Waals surface area contributed by atoms with Gasteiger partial charge in [0.25, 0.3) is 5.91 Å². The zero-order chi connectivity index (χ0) is 26.7. The van der Waals surface area contributed by atoms with Gasteiger partial charge in [-0.3, -0.25) is 29.4 Å². The predicted molar refractivity (Wildman–Crippen MR) is 146 cm³/mol. The molecule has 4 amide bonds. The molecular formula is C28H40N4O5S. The van der Waals surface area contributed by atoms with E-state index in [4.69, 9.17) is 4.74 Å². The zero-order valence-electron chi connectivity index (χ0n) is 22.2. The maximum absolute atomic E-state index is 13.0. The lowest BCUT2D eigenvalue weighted by Crippen LogP contribution is -2.52. The Kier molecular flexibility index (Phi) is 11.0. The number of fused-ring (bicyclic) bond motifs is 1. The number of thioether (sulfide) groups is 1. The van der Waals surface area contributed by atoms with Gasteiger partial charge >= 0.3 is 0 Å². The van der Waals surface area contributed by atoms with Crippen LogP contribution in [0.3, 0.4) is 0 Å². The van der Waals surface area contributed by atoms with Crippen molar-refractivity contribution < 1.29 is 23.9 Å². The molecule has 1 aromatic rings. The van der Waals surface area contributed by atoms with Gasteiger partial charge in [0.05, 0.1) is 13.2 Å². The van der Waals surface area contributed by atoms with Gasteiger partial charge in [-0.25, -0.2) is 0 Å². The Morgan fingerprint density at radius 2 is 1.82 bits per heavy atom. The molecule has 1 atom stereocenters. The van der Waals surface area contributed by atoms with E-state index >= 15 is 0 Å². The summed E-state index contributed by atoms with van der Waals surface area (Å²) in [7, 11) is 0. The predicted octanol–water partition coefficient (Wildman–Crippen LogP) is 2.72. The number of benzene rings is 1. The van der Waals surface area contributed by atoms with Gasteiger partial charge in [0.15, 0.2) is 0 Å². The molecular weight excluding hydrogens is 504 g/mol. The summed E-state index contributed by atoms with van der Waals surface area (Å²) < 4.78 is 5.33. The molecule has 3 heterocycles. The Labute approximate surface area is 229 Å². The molecule has 3 aliphatic heterocycles. The second-order valence-corrected chi connectivity index (χ2v) is 11.3. The summed E-state index contributed by atoms with van der Waals surface area (Å²) in [5.74, 6) is 0.367. The first-order valence-electron chi connectivity index (χ1n) is 14.0. The minimum atomic E-state index is -0.575. The highest BCUT2D eigenvalue weighted by Gasteiger charge is 2.39. The Balaban J connectivity index is 1.06. The number of carbonyl (C=O) groups excluding carboxylic acids is 4. The van der Waals surface area contributed by atoms with Gasteiger partial charge in [-0.1, -0.05) is 31.7 Å². The van der Waals surface area contributed by atoms with Crippen LogP contribution in [0.1, 0.15) is 73.7 Å². The number of hydrogen-bond acceptors (Lipinski definition) is 7. The summed E-state index contributed by atoms with van der Waals surface area (Å²) in [6.45, 7) is 5.36. The van der Waals surface area contributed by atoms with E-state index in [2.05, 4.69) is 21.6 Å². The van der Waals surface area contributed by atoms with Crippen LogP contribution in [0.4, 0.5) is 0 Å². The fourth-order valence-corrected chi connectivity index (χ4v) is 6.30. The number of imide groups is 1. The number of nitrogens with zero attached hydrogens (tertiary/aromatic N) is 2. The van der Waals surface area contributed by atoms with Crippen LogP contribution in [0, 0.1) is 0 Å². The summed E-state index contributed by atoms with van der Waals surface area (Å²) in [5.41, 5.74) is 1.67. The normalized spacial score (nSPS) is 19.9. The van der Waals surface area contributed by atoms with Crippen molar-refractivity contribution in [3.63, 3.8) is 0 Å². The summed E-state index contributed by atoms with van der Waals surface area (Å²) in [6.07, 6.45) is 7.98. The van der Waals surface area contributed by atoms with Crippen molar-refractivity contribution in [1.29, 1.82) is 0 Å². The lowest BCUT2D eigenvalue weighted by molar-refractivity contribution is -0.137. The van der Waals surface area contributed by atoms with E-state index < -0.39 is 6.04 Å². The van der Waals surface area contributed by atoms with Crippen molar-refractivity contribution in [3.8, 4) is 0 Å². The SMILES string of the molecule is O=C(CCN1CCOCC1)NCCCCCCCCSc1cccc2c1CN(C1CCC(=O)NC1=O)C2=O. The molecule has 10 heteroatoms. The van der Waals surface area contributed by atoms with Crippen LogP contribution in [0.15, 0.2) is 23.1 Å². The molecule has 3 aliphatic rings. The largest absolute Gasteiger partial charge is 0.379 e. The van der Waals surface area contributed by atoms with Crippen LogP contribution in [-0.2, 0) is 25.7 Å². The average Bonchev–Trinajstić information content (AvgIpc) is 3.26. The van der Waals surface area contributed by atoms with E-state index in [9.17, 15) is 19.2 Å². The molecule has 208 valence electrons. The molecule has 0 radical (unpaired) electrons. The first-order chi connectivity index (χ1) is 18.5. The van der Waals surface area contributed by atoms with E-state index in [1.807, 2.05) is 12.1 Å². The van der Waals surface area contributed by atoms with Crippen molar-refractivity contribution in [3.05, 3.63) is 29.3 Å². The molecule has 1 aromatic carbocycles. The first kappa shape index (κ1) is 28.6. The van der Waals surface area contributed by atoms with Gasteiger partial charge in [0, 0.05) is 56.0 Å². The van der Waals surface area contributed by atoms with Gasteiger partial charge in [0.1, 0.15) is 6.04 Å². The van der Waals surface area contributed by atoms with E-state index in [0.29, 0.717) is 24.9 Å². The third-order valence-corrected chi connectivity index (χ3v) is 8.64. The van der Waals surface area contributed by atoms with Crippen molar-refractivity contribution >= 4 is 35.4 Å². The number of nitrogens with one attached hydrogen (secondary N) is 2. The summed E-state index contributed by atoms with van der Waals surface area (Å²) in [4.78, 5) is 53.7. The molecule has 9 nitrogen and oxygen atoms in total. The fourth-order valence-electron chi connectivity index (χ4n) is 5.21. The van der Waals surface area contributed by atoms with E-state index in [-0.39, 0.29) is 30.0 Å². The first-order valence-corrected chi connectivity index (χ1v) is 15.0. The van der Waals surface area contributed by atoms with Gasteiger partial charge in [0.2, 0.25) is 17.7 Å². The molecule has 4 rings (SSSR count). The number of morpholine rings is 1. The Morgan fingerprint density at radius 1 is 1.05 bits per heavy atom. The van der Waals surface area contributed by atoms with Crippen LogP contribution in [0.2, 0.25) is 0 Å². The number of ether oxygens (including phenoxy) is 1. The van der Waals surface area contributed by atoms with Crippen molar-refractivity contribution in [2.24, 2.45) is 0 Å². The van der Waals surface area contributed by atoms with Gasteiger partial charge in [-0.15, -0.1) is 11.8 Å². The highest BCUT2D eigenvalue weighted by atomic mass is 32.2. The van der Waals surface area contributed by atoms with Crippen LogP contribution in [0.5, 0.6) is 0 Å². The zero-order valence-corrected chi connectivity index (χ0v) is 23.0. The third-order valence-electron chi connectivity index (χ3n) is 7.45. The quantitative estimate of drug-likeness (QED) is 0.211. The van der Waals surface area contributed by atoms with Crippen LogP contribution in [0.25, 0.3) is 0 Å². The molecule has 0 aliphatic carbocycles. The van der Waals surface area contributed by atoms with Gasteiger partial charge in [-0.2, -0.15) is 0 Å². The summed E-state index contributed by atoms with van der Waals surface area (Å²) in [5, 5.41) is 5.40. The number of amides is 4. The minimum absolute atomic E-state index is 0.120. The lowest BCUT2D eigenvalue weighted by atomic mass is 10.0. The standard InChI is InChI=1S/C28H40N4O5S/c33-25(12-14-31-15-17-37-18-16-31)29-13-5-3-1-2-4-6-19-38-24-9-7-8-21-22(24)20-32(28(21)36)23-10-11-26(34)30-27(23)35/h7-9,23H,1-6,10-20H2,(H,29,33)(H,30,34,35). The molecule has 1 unspecified atom stereocenters. The van der Waals surface area contributed by atoms with Crippen molar-refractivity contribution in [1.82, 2.24) is 20.4 Å². The van der Waals surface area contributed by atoms with Crippen LogP contribution < -0.4 is 10.6 Å². The van der Waals surface area contributed by atoms with E-state index in [1.165, 1.54) is 12.8 Å². The Hall–Kier alpha value is -2.43. The van der Waals surface area contributed by atoms with E-state index in [0.717, 1.165) is 81.3 Å².